The number of aryl methyl sites for hydroxylation is 1. The predicted octanol–water partition coefficient (Wildman–Crippen LogP) is 3.76. The average Bonchev–Trinajstić information content (AvgIpc) is 3.08. The molecule has 29 heavy (non-hydrogen) atoms. The maximum absolute atomic E-state index is 10.7. The number of rotatable bonds is 6. The largest absolute Gasteiger partial charge is 3.00 e. The molecule has 0 aliphatic heterocycles. The second kappa shape index (κ2) is 9.95. The van der Waals surface area contributed by atoms with E-state index in [9.17, 15) is 8.76 Å². The van der Waals surface area contributed by atoms with Gasteiger partial charge in [-0.3, -0.25) is 9.31 Å². The fourth-order valence-electron chi connectivity index (χ4n) is 2.59. The predicted molar refractivity (Wildman–Crippen MR) is 109 cm³/mol. The van der Waals surface area contributed by atoms with Gasteiger partial charge in [0.25, 0.3) is 0 Å². The van der Waals surface area contributed by atoms with Crippen molar-refractivity contribution in [2.75, 3.05) is 10.0 Å². The number of anilines is 3. The van der Waals surface area contributed by atoms with Gasteiger partial charge < -0.3 is 14.6 Å². The van der Waals surface area contributed by atoms with E-state index in [1.165, 1.54) is 11.8 Å². The minimum atomic E-state index is -2.35. The Morgan fingerprint density at radius 3 is 2.55 bits per heavy atom. The molecule has 0 fully saturated rings. The molecular formula is C18H15N6O2PrS2+2. The molecule has 0 bridgehead atoms. The summed E-state index contributed by atoms with van der Waals surface area (Å²) in [6, 6.07) is 16.6. The van der Waals surface area contributed by atoms with Crippen LogP contribution in [0.4, 0.5) is 17.3 Å². The van der Waals surface area contributed by atoms with Gasteiger partial charge in [-0.15, -0.1) is 0 Å². The van der Waals surface area contributed by atoms with Crippen LogP contribution in [0.25, 0.3) is 10.9 Å². The van der Waals surface area contributed by atoms with Gasteiger partial charge in [0.2, 0.25) is 0 Å². The van der Waals surface area contributed by atoms with Crippen LogP contribution in [-0.2, 0) is 11.3 Å². The molecule has 0 amide bonds. The van der Waals surface area contributed by atoms with Crippen LogP contribution in [0.3, 0.4) is 0 Å². The maximum Gasteiger partial charge on any atom is 3.00 e. The molecule has 0 aliphatic carbocycles. The molecular weight excluding hydrogens is 537 g/mol. The molecule has 142 valence electrons. The van der Waals surface area contributed by atoms with E-state index in [1.807, 2.05) is 49.4 Å². The van der Waals surface area contributed by atoms with Crippen LogP contribution in [0.5, 0.6) is 0 Å². The number of para-hydroxylation sites is 1. The van der Waals surface area contributed by atoms with Crippen LogP contribution in [-0.4, -0.2) is 28.9 Å². The van der Waals surface area contributed by atoms with Crippen molar-refractivity contribution in [2.45, 2.75) is 17.0 Å². The van der Waals surface area contributed by atoms with Crippen LogP contribution in [0.2, 0.25) is 0 Å². The Morgan fingerprint density at radius 2 is 1.86 bits per heavy atom. The smallest absolute Gasteiger partial charge is 0.755 e. The molecule has 0 saturated carbocycles. The summed E-state index contributed by atoms with van der Waals surface area (Å²) in [5.74, 6) is 1.35. The summed E-state index contributed by atoms with van der Waals surface area (Å²) in [5, 5.41) is 11.8. The summed E-state index contributed by atoms with van der Waals surface area (Å²) < 4.78 is 23.7. The van der Waals surface area contributed by atoms with Gasteiger partial charge in [0.05, 0.1) is 5.52 Å². The van der Waals surface area contributed by atoms with Gasteiger partial charge in [-0.25, -0.2) is 9.97 Å². The number of H-pyrrole nitrogens is 1. The number of aromatic amines is 1. The zero-order chi connectivity index (χ0) is 19.5. The van der Waals surface area contributed by atoms with Gasteiger partial charge in [0.1, 0.15) is 5.82 Å². The van der Waals surface area contributed by atoms with Crippen molar-refractivity contribution in [1.29, 1.82) is 0 Å². The topological polar surface area (TPSA) is 119 Å². The first-order valence-corrected chi connectivity index (χ1v) is 10.2. The van der Waals surface area contributed by atoms with Crippen molar-refractivity contribution in [3.63, 3.8) is 0 Å². The van der Waals surface area contributed by atoms with Crippen molar-refractivity contribution in [3.8, 4) is 0 Å². The molecule has 2 aromatic heterocycles. The molecule has 0 spiro atoms. The zero-order valence-corrected chi connectivity index (χ0v) is 20.6. The Balaban J connectivity index is 0.00000240. The number of aromatic nitrogens is 4. The number of hydrogen-bond donors (Lipinski definition) is 3. The van der Waals surface area contributed by atoms with E-state index >= 15 is 0 Å². The van der Waals surface area contributed by atoms with Crippen molar-refractivity contribution in [3.05, 3.63) is 60.3 Å². The fourth-order valence-corrected chi connectivity index (χ4v) is 3.68. The van der Waals surface area contributed by atoms with Gasteiger partial charge in [0.15, 0.2) is 11.0 Å². The van der Waals surface area contributed by atoms with Gasteiger partial charge in [-0.1, -0.05) is 12.1 Å². The van der Waals surface area contributed by atoms with E-state index in [2.05, 4.69) is 30.2 Å². The quantitative estimate of drug-likeness (QED) is 0.246. The molecule has 4 rings (SSSR count). The van der Waals surface area contributed by atoms with E-state index in [0.717, 1.165) is 21.5 Å². The SMILES string of the molecule is Cc1cc(Nc2nc(Sc3ccc(NS(=O)[O-])cc3)nc3ccccc23)n[nH]1.[Pr+3]. The van der Waals surface area contributed by atoms with Crippen molar-refractivity contribution in [1.82, 2.24) is 20.2 Å². The molecule has 1 atom stereocenters. The number of benzene rings is 2. The van der Waals surface area contributed by atoms with Crippen LogP contribution in [0.15, 0.2) is 64.6 Å². The summed E-state index contributed by atoms with van der Waals surface area (Å²) in [4.78, 5) is 10.2. The number of fused-ring (bicyclic) bond motifs is 1. The Kier molecular flexibility index (Phi) is 7.58. The number of nitrogens with one attached hydrogen (secondary N) is 3. The second-order valence-electron chi connectivity index (χ2n) is 5.90. The minimum Gasteiger partial charge on any atom is -0.755 e. The Bertz CT molecular complexity index is 1150. The molecule has 2 heterocycles. The first kappa shape index (κ1) is 22.1. The zero-order valence-electron chi connectivity index (χ0n) is 15.2. The van der Waals surface area contributed by atoms with Crippen molar-refractivity contribution >= 4 is 51.3 Å². The second-order valence-corrected chi connectivity index (χ2v) is 7.61. The monoisotopic (exact) mass is 552 g/mol. The standard InChI is InChI=1S/C18H16N6O2S2.Pr/c1-11-10-16(23-22-11)20-17-14-4-2-3-5-15(14)19-18(21-17)27-13-8-6-12(7-9-13)24-28(25)26;/h2-10,24H,1H3,(H,25,26)(H2,19,20,21,22,23);/q;+3/p-1. The molecule has 11 heteroatoms. The van der Waals surface area contributed by atoms with E-state index in [1.54, 1.807) is 12.1 Å². The molecule has 3 N–H and O–H groups in total. The van der Waals surface area contributed by atoms with Crippen LogP contribution < -0.4 is 10.0 Å². The summed E-state index contributed by atoms with van der Waals surface area (Å²) in [5.41, 5.74) is 2.26. The molecule has 2 aromatic carbocycles. The maximum atomic E-state index is 10.7. The van der Waals surface area contributed by atoms with E-state index < -0.39 is 11.3 Å². The third-order valence-electron chi connectivity index (χ3n) is 3.80. The fraction of sp³-hybridized carbons (Fsp3) is 0.0556. The molecule has 0 saturated heterocycles. The van der Waals surface area contributed by atoms with Gasteiger partial charge in [-0.2, -0.15) is 5.10 Å². The Morgan fingerprint density at radius 1 is 1.10 bits per heavy atom. The van der Waals surface area contributed by atoms with Gasteiger partial charge >= 0.3 is 41.3 Å². The third-order valence-corrected chi connectivity index (χ3v) is 5.08. The minimum absolute atomic E-state index is 0. The normalized spacial score (nSPS) is 11.7. The average molecular weight is 552 g/mol. The summed E-state index contributed by atoms with van der Waals surface area (Å²) in [7, 11) is 0. The number of nitrogens with zero attached hydrogens (tertiary/aromatic N) is 3. The summed E-state index contributed by atoms with van der Waals surface area (Å²) >= 11 is -0.958. The van der Waals surface area contributed by atoms with Crippen molar-refractivity contribution < 1.29 is 50.1 Å². The van der Waals surface area contributed by atoms with E-state index in [4.69, 9.17) is 0 Å². The third kappa shape index (κ3) is 5.73. The first-order chi connectivity index (χ1) is 13.6. The van der Waals surface area contributed by atoms with Crippen LogP contribution in [0.1, 0.15) is 5.69 Å². The van der Waals surface area contributed by atoms with Gasteiger partial charge in [0, 0.05) is 39.0 Å². The summed E-state index contributed by atoms with van der Waals surface area (Å²) in [6.45, 7) is 1.93. The molecule has 8 nitrogen and oxygen atoms in total. The van der Waals surface area contributed by atoms with Gasteiger partial charge in [-0.05, 0) is 55.1 Å². The van der Waals surface area contributed by atoms with Crippen LogP contribution in [0, 0.1) is 48.2 Å². The first-order valence-electron chi connectivity index (χ1n) is 8.26. The number of hydrogen-bond acceptors (Lipinski definition) is 7. The Labute approximate surface area is 207 Å². The van der Waals surface area contributed by atoms with Crippen LogP contribution >= 0.6 is 11.8 Å². The van der Waals surface area contributed by atoms with E-state index in [-0.39, 0.29) is 41.3 Å². The molecule has 4 aromatic rings. The van der Waals surface area contributed by atoms with Crippen molar-refractivity contribution in [2.24, 2.45) is 0 Å². The van der Waals surface area contributed by atoms with E-state index in [0.29, 0.717) is 22.5 Å². The summed E-state index contributed by atoms with van der Waals surface area (Å²) in [6.07, 6.45) is 0. The molecule has 0 radical (unpaired) electrons. The Hall–Kier alpha value is -1.59. The molecule has 0 aliphatic rings. The molecule has 1 unspecified atom stereocenters.